The summed E-state index contributed by atoms with van der Waals surface area (Å²) < 4.78 is 5.28. The van der Waals surface area contributed by atoms with Crippen LogP contribution in [0.5, 0.6) is 0 Å². The Hall–Kier alpha value is -1.82. The Bertz CT molecular complexity index is 747. The number of halogens is 2. The molecule has 1 aliphatic rings. The molecule has 7 heteroatoms. The Kier molecular flexibility index (Phi) is 6.72. The molecule has 0 aliphatic carbocycles. The fourth-order valence-electron chi connectivity index (χ4n) is 2.83. The van der Waals surface area contributed by atoms with Gasteiger partial charge in [-0.05, 0) is 49.1 Å². The first kappa shape index (κ1) is 19.0. The lowest BCUT2D eigenvalue weighted by molar-refractivity contribution is -0.122. The number of pyridine rings is 1. The zero-order valence-electron chi connectivity index (χ0n) is 14.3. The second-order valence-corrected chi connectivity index (χ2v) is 7.06. The molecular formula is C19H21Cl2N3O2. The summed E-state index contributed by atoms with van der Waals surface area (Å²) in [4.78, 5) is 16.5. The largest absolute Gasteiger partial charge is 0.383 e. The van der Waals surface area contributed by atoms with E-state index in [-0.39, 0.29) is 11.8 Å². The number of benzene rings is 1. The maximum atomic E-state index is 12.2. The molecule has 0 bridgehead atoms. The molecule has 0 unspecified atom stereocenters. The summed E-state index contributed by atoms with van der Waals surface area (Å²) in [5, 5.41) is 7.47. The zero-order valence-corrected chi connectivity index (χ0v) is 15.8. The number of nitrogens with one attached hydrogen (secondary N) is 2. The molecule has 5 nitrogen and oxygen atoms in total. The fraction of sp³-hybridized carbons (Fsp3) is 0.368. The minimum absolute atomic E-state index is 0.00692. The van der Waals surface area contributed by atoms with Crippen molar-refractivity contribution in [2.24, 2.45) is 5.92 Å². The number of carbonyl (C=O) groups excluding carboxylic acids is 1. The van der Waals surface area contributed by atoms with Gasteiger partial charge in [0.15, 0.2) is 0 Å². The van der Waals surface area contributed by atoms with Gasteiger partial charge >= 0.3 is 0 Å². The maximum absolute atomic E-state index is 12.2. The second-order valence-electron chi connectivity index (χ2n) is 6.22. The number of hydrogen-bond acceptors (Lipinski definition) is 4. The van der Waals surface area contributed by atoms with Crippen LogP contribution in [0, 0.1) is 5.92 Å². The van der Waals surface area contributed by atoms with Gasteiger partial charge in [-0.3, -0.25) is 4.79 Å². The molecule has 1 aliphatic heterocycles. The number of aromatic nitrogens is 1. The van der Waals surface area contributed by atoms with Crippen LogP contribution in [0.3, 0.4) is 0 Å². The summed E-state index contributed by atoms with van der Waals surface area (Å²) in [6.45, 7) is 2.01. The monoisotopic (exact) mass is 393 g/mol. The van der Waals surface area contributed by atoms with E-state index in [1.807, 2.05) is 18.2 Å². The number of nitrogens with zero attached hydrogens (tertiary/aromatic N) is 1. The molecule has 1 fully saturated rings. The Labute approximate surface area is 163 Å². The number of amides is 1. The molecule has 0 spiro atoms. The lowest BCUT2D eigenvalue weighted by atomic mass is 9.99. The first-order valence-electron chi connectivity index (χ1n) is 8.64. The summed E-state index contributed by atoms with van der Waals surface area (Å²) in [6.07, 6.45) is 4.01. The van der Waals surface area contributed by atoms with Crippen LogP contribution in [0.1, 0.15) is 18.4 Å². The zero-order chi connectivity index (χ0) is 18.4. The average molecular weight is 394 g/mol. The normalized spacial score (nSPS) is 14.8. The quantitative estimate of drug-likeness (QED) is 0.762. The van der Waals surface area contributed by atoms with Gasteiger partial charge in [0.2, 0.25) is 5.91 Å². The molecular weight excluding hydrogens is 373 g/mol. The number of rotatable bonds is 6. The predicted octanol–water partition coefficient (Wildman–Crippen LogP) is 4.41. The van der Waals surface area contributed by atoms with Crippen LogP contribution in [0.4, 0.5) is 11.5 Å². The molecule has 138 valence electrons. The van der Waals surface area contributed by atoms with E-state index in [1.165, 1.54) is 0 Å². The minimum Gasteiger partial charge on any atom is -0.383 e. The molecule has 3 rings (SSSR count). The van der Waals surface area contributed by atoms with E-state index in [4.69, 9.17) is 27.9 Å². The van der Waals surface area contributed by atoms with Gasteiger partial charge in [0.1, 0.15) is 5.82 Å². The summed E-state index contributed by atoms with van der Waals surface area (Å²) in [5.74, 6) is 0.583. The van der Waals surface area contributed by atoms with E-state index < -0.39 is 0 Å². The third-order valence-corrected chi connectivity index (χ3v) is 4.93. The third kappa shape index (κ3) is 5.34. The van der Waals surface area contributed by atoms with Crippen LogP contribution in [-0.4, -0.2) is 30.6 Å². The summed E-state index contributed by atoms with van der Waals surface area (Å²) >= 11 is 12.1. The minimum atomic E-state index is 0.00692. The Balaban J connectivity index is 1.47. The number of ether oxygens (including phenoxy) is 1. The van der Waals surface area contributed by atoms with Gasteiger partial charge in [0.25, 0.3) is 0 Å². The van der Waals surface area contributed by atoms with Crippen molar-refractivity contribution >= 4 is 40.6 Å². The molecule has 2 aromatic rings. The number of carbonyl (C=O) groups is 1. The van der Waals surface area contributed by atoms with Crippen molar-refractivity contribution in [2.45, 2.75) is 19.3 Å². The molecule has 1 amide bonds. The van der Waals surface area contributed by atoms with Crippen LogP contribution < -0.4 is 10.6 Å². The van der Waals surface area contributed by atoms with Crippen molar-refractivity contribution in [1.29, 1.82) is 0 Å². The van der Waals surface area contributed by atoms with Gasteiger partial charge in [-0.2, -0.15) is 0 Å². The maximum Gasteiger partial charge on any atom is 0.228 e. The van der Waals surface area contributed by atoms with E-state index in [0.29, 0.717) is 29.1 Å². The van der Waals surface area contributed by atoms with Crippen LogP contribution in [0.15, 0.2) is 36.5 Å². The van der Waals surface area contributed by atoms with Crippen molar-refractivity contribution < 1.29 is 9.53 Å². The lowest BCUT2D eigenvalue weighted by Crippen LogP contribution is -2.28. The molecule has 26 heavy (non-hydrogen) atoms. The van der Waals surface area contributed by atoms with Gasteiger partial charge in [-0.1, -0.05) is 29.3 Å². The van der Waals surface area contributed by atoms with E-state index in [1.54, 1.807) is 18.3 Å². The van der Waals surface area contributed by atoms with E-state index in [9.17, 15) is 4.79 Å². The van der Waals surface area contributed by atoms with Crippen LogP contribution in [-0.2, 0) is 16.0 Å². The standard InChI is InChI=1S/C19H21Cl2N3O2/c20-15-2-1-13(17(21)11-15)5-8-22-16-3-4-18(23-12-16)24-19(25)14-6-9-26-10-7-14/h1-4,11-12,14,22H,5-10H2,(H,23,24,25). The smallest absolute Gasteiger partial charge is 0.228 e. The second kappa shape index (κ2) is 9.21. The van der Waals surface area contributed by atoms with Crippen molar-refractivity contribution in [1.82, 2.24) is 4.98 Å². The highest BCUT2D eigenvalue weighted by Gasteiger charge is 2.21. The summed E-state index contributed by atoms with van der Waals surface area (Å²) in [7, 11) is 0. The molecule has 2 heterocycles. The molecule has 1 aromatic carbocycles. The SMILES string of the molecule is O=C(Nc1ccc(NCCc2ccc(Cl)cc2Cl)cn1)C1CCOCC1. The van der Waals surface area contributed by atoms with Gasteiger partial charge in [-0.15, -0.1) is 0 Å². The highest BCUT2D eigenvalue weighted by molar-refractivity contribution is 6.35. The average Bonchev–Trinajstić information content (AvgIpc) is 2.65. The van der Waals surface area contributed by atoms with E-state index >= 15 is 0 Å². The Morgan fingerprint density at radius 1 is 1.19 bits per heavy atom. The van der Waals surface area contributed by atoms with Crippen molar-refractivity contribution in [2.75, 3.05) is 30.4 Å². The molecule has 2 N–H and O–H groups in total. The Morgan fingerprint density at radius 3 is 2.69 bits per heavy atom. The van der Waals surface area contributed by atoms with E-state index in [0.717, 1.165) is 37.1 Å². The number of hydrogen-bond donors (Lipinski definition) is 2. The summed E-state index contributed by atoms with van der Waals surface area (Å²) in [5.41, 5.74) is 1.93. The molecule has 0 atom stereocenters. The molecule has 0 saturated carbocycles. The lowest BCUT2D eigenvalue weighted by Gasteiger charge is -2.20. The predicted molar refractivity (Wildman–Crippen MR) is 105 cm³/mol. The fourth-order valence-corrected chi connectivity index (χ4v) is 3.33. The molecule has 1 saturated heterocycles. The van der Waals surface area contributed by atoms with Crippen molar-refractivity contribution in [3.05, 3.63) is 52.1 Å². The highest BCUT2D eigenvalue weighted by Crippen LogP contribution is 2.22. The van der Waals surface area contributed by atoms with Gasteiger partial charge < -0.3 is 15.4 Å². The summed E-state index contributed by atoms with van der Waals surface area (Å²) in [6, 6.07) is 9.21. The highest BCUT2D eigenvalue weighted by atomic mass is 35.5. The van der Waals surface area contributed by atoms with Crippen molar-refractivity contribution in [3.8, 4) is 0 Å². The third-order valence-electron chi connectivity index (χ3n) is 4.35. The first-order chi connectivity index (χ1) is 12.6. The topological polar surface area (TPSA) is 63.2 Å². The first-order valence-corrected chi connectivity index (χ1v) is 9.40. The number of anilines is 2. The molecule has 0 radical (unpaired) electrons. The van der Waals surface area contributed by atoms with Gasteiger partial charge in [0.05, 0.1) is 11.9 Å². The van der Waals surface area contributed by atoms with Gasteiger partial charge in [-0.25, -0.2) is 4.98 Å². The van der Waals surface area contributed by atoms with Crippen LogP contribution >= 0.6 is 23.2 Å². The Morgan fingerprint density at radius 2 is 2.00 bits per heavy atom. The van der Waals surface area contributed by atoms with Crippen LogP contribution in [0.25, 0.3) is 0 Å². The van der Waals surface area contributed by atoms with E-state index in [2.05, 4.69) is 15.6 Å². The molecule has 1 aromatic heterocycles. The van der Waals surface area contributed by atoms with Gasteiger partial charge in [0, 0.05) is 35.7 Å². The van der Waals surface area contributed by atoms with Crippen molar-refractivity contribution in [3.63, 3.8) is 0 Å². The van der Waals surface area contributed by atoms with Crippen LogP contribution in [0.2, 0.25) is 10.0 Å².